The topological polar surface area (TPSA) is 20.2 Å². The summed E-state index contributed by atoms with van der Waals surface area (Å²) in [6, 6.07) is 0. The van der Waals surface area contributed by atoms with Crippen LogP contribution in [0.15, 0.2) is 0 Å². The first-order valence-electron chi connectivity index (χ1n) is 4.31. The second-order valence-electron chi connectivity index (χ2n) is 3.47. The van der Waals surface area contributed by atoms with Gasteiger partial charge in [0.15, 0.2) is 0 Å². The van der Waals surface area contributed by atoms with E-state index < -0.39 is 0 Å². The molecule has 0 aliphatic heterocycles. The molecule has 0 radical (unpaired) electrons. The third-order valence-corrected chi connectivity index (χ3v) is 1.76. The van der Waals surface area contributed by atoms with Gasteiger partial charge in [0.2, 0.25) is 0 Å². The first-order chi connectivity index (χ1) is 4.70. The van der Waals surface area contributed by atoms with Crippen LogP contribution in [0.5, 0.6) is 0 Å². The first-order valence-corrected chi connectivity index (χ1v) is 4.31. The van der Waals surface area contributed by atoms with E-state index in [2.05, 4.69) is 20.8 Å². The Labute approximate surface area is 64.5 Å². The molecule has 1 unspecified atom stereocenters. The lowest BCUT2D eigenvalue weighted by Gasteiger charge is -2.14. The van der Waals surface area contributed by atoms with Crippen LogP contribution in [0, 0.1) is 11.8 Å². The maximum absolute atomic E-state index is 8.91. The van der Waals surface area contributed by atoms with Gasteiger partial charge in [0.25, 0.3) is 0 Å². The summed E-state index contributed by atoms with van der Waals surface area (Å²) in [7, 11) is 0. The maximum Gasteiger partial charge on any atom is 0.0459 e. The summed E-state index contributed by atoms with van der Waals surface area (Å²) in [6.07, 6.45) is 3.54. The van der Waals surface area contributed by atoms with Crippen LogP contribution in [0.2, 0.25) is 0 Å². The highest BCUT2D eigenvalue weighted by atomic mass is 16.3. The molecule has 0 aromatic rings. The van der Waals surface area contributed by atoms with Crippen LogP contribution in [0.1, 0.15) is 40.0 Å². The number of hydrogen-bond acceptors (Lipinski definition) is 1. The molecule has 1 heteroatoms. The van der Waals surface area contributed by atoms with E-state index in [1.54, 1.807) is 0 Å². The second-order valence-corrected chi connectivity index (χ2v) is 3.47. The Kier molecular flexibility index (Phi) is 5.70. The van der Waals surface area contributed by atoms with E-state index in [-0.39, 0.29) is 0 Å². The lowest BCUT2D eigenvalue weighted by atomic mass is 9.94. The molecule has 10 heavy (non-hydrogen) atoms. The Morgan fingerprint density at radius 3 is 2.20 bits per heavy atom. The van der Waals surface area contributed by atoms with Crippen molar-refractivity contribution in [2.75, 3.05) is 6.61 Å². The molecule has 0 saturated carbocycles. The van der Waals surface area contributed by atoms with Gasteiger partial charge in [0, 0.05) is 6.61 Å². The zero-order chi connectivity index (χ0) is 7.98. The van der Waals surface area contributed by atoms with Crippen LogP contribution in [0.25, 0.3) is 0 Å². The molecular weight excluding hydrogens is 124 g/mol. The maximum atomic E-state index is 8.91. The Morgan fingerprint density at radius 2 is 1.90 bits per heavy atom. The van der Waals surface area contributed by atoms with Crippen molar-refractivity contribution in [2.45, 2.75) is 40.0 Å². The van der Waals surface area contributed by atoms with Crippen LogP contribution in [0.4, 0.5) is 0 Å². The van der Waals surface area contributed by atoms with E-state index in [0.29, 0.717) is 12.5 Å². The van der Waals surface area contributed by atoms with E-state index in [0.717, 1.165) is 5.92 Å². The SMILES string of the molecule is CCCC(CO)CC(C)C. The molecule has 1 nitrogen and oxygen atoms in total. The standard InChI is InChI=1S/C9H20O/c1-4-5-9(7-10)6-8(2)3/h8-10H,4-7H2,1-3H3. The number of aliphatic hydroxyl groups is 1. The Hall–Kier alpha value is -0.0400. The zero-order valence-corrected chi connectivity index (χ0v) is 7.43. The third-order valence-electron chi connectivity index (χ3n) is 1.76. The highest BCUT2D eigenvalue weighted by molar-refractivity contribution is 4.58. The van der Waals surface area contributed by atoms with Gasteiger partial charge < -0.3 is 5.11 Å². The molecule has 0 saturated heterocycles. The van der Waals surface area contributed by atoms with Crippen LogP contribution in [0.3, 0.4) is 0 Å². The molecule has 0 aromatic carbocycles. The molecule has 0 aliphatic rings. The van der Waals surface area contributed by atoms with Crippen molar-refractivity contribution in [1.82, 2.24) is 0 Å². The molecule has 0 aromatic heterocycles. The molecule has 1 atom stereocenters. The molecule has 0 heterocycles. The predicted molar refractivity (Wildman–Crippen MR) is 44.9 cm³/mol. The quantitative estimate of drug-likeness (QED) is 0.628. The van der Waals surface area contributed by atoms with Crippen molar-refractivity contribution >= 4 is 0 Å². The summed E-state index contributed by atoms with van der Waals surface area (Å²) in [6.45, 7) is 6.95. The average Bonchev–Trinajstić information content (AvgIpc) is 1.86. The molecule has 0 fully saturated rings. The lowest BCUT2D eigenvalue weighted by Crippen LogP contribution is -2.08. The van der Waals surface area contributed by atoms with Gasteiger partial charge in [-0.1, -0.05) is 27.2 Å². The van der Waals surface area contributed by atoms with Crippen LogP contribution >= 0.6 is 0 Å². The Balaban J connectivity index is 3.39. The second kappa shape index (κ2) is 5.72. The smallest absolute Gasteiger partial charge is 0.0459 e. The molecule has 62 valence electrons. The van der Waals surface area contributed by atoms with Gasteiger partial charge in [0.1, 0.15) is 0 Å². The van der Waals surface area contributed by atoms with Crippen molar-refractivity contribution in [1.29, 1.82) is 0 Å². The van der Waals surface area contributed by atoms with Gasteiger partial charge in [0.05, 0.1) is 0 Å². The zero-order valence-electron chi connectivity index (χ0n) is 7.43. The minimum atomic E-state index is 0.367. The van der Waals surface area contributed by atoms with Crippen LogP contribution in [-0.2, 0) is 0 Å². The first kappa shape index (κ1) is 9.96. The number of hydrogen-bond donors (Lipinski definition) is 1. The normalized spacial score (nSPS) is 14.1. The summed E-state index contributed by atoms with van der Waals surface area (Å²) in [5.74, 6) is 1.27. The summed E-state index contributed by atoms with van der Waals surface area (Å²) < 4.78 is 0. The average molecular weight is 144 g/mol. The molecule has 0 aliphatic carbocycles. The minimum Gasteiger partial charge on any atom is -0.396 e. The van der Waals surface area contributed by atoms with Gasteiger partial charge in [-0.2, -0.15) is 0 Å². The fourth-order valence-electron chi connectivity index (χ4n) is 1.36. The van der Waals surface area contributed by atoms with E-state index in [4.69, 9.17) is 5.11 Å². The van der Waals surface area contributed by atoms with Crippen molar-refractivity contribution in [3.05, 3.63) is 0 Å². The molecule has 0 spiro atoms. The van der Waals surface area contributed by atoms with Crippen LogP contribution in [-0.4, -0.2) is 11.7 Å². The predicted octanol–water partition coefficient (Wildman–Crippen LogP) is 2.44. The summed E-state index contributed by atoms with van der Waals surface area (Å²) >= 11 is 0. The summed E-state index contributed by atoms with van der Waals surface area (Å²) in [5, 5.41) is 8.91. The molecule has 0 bridgehead atoms. The number of rotatable bonds is 5. The minimum absolute atomic E-state index is 0.367. The van der Waals surface area contributed by atoms with Crippen molar-refractivity contribution in [3.63, 3.8) is 0 Å². The molecule has 0 amide bonds. The van der Waals surface area contributed by atoms with Crippen molar-refractivity contribution in [2.24, 2.45) is 11.8 Å². The monoisotopic (exact) mass is 144 g/mol. The highest BCUT2D eigenvalue weighted by Gasteiger charge is 2.07. The van der Waals surface area contributed by atoms with Crippen LogP contribution < -0.4 is 0 Å². The van der Waals surface area contributed by atoms with E-state index in [9.17, 15) is 0 Å². The number of aliphatic hydroxyl groups excluding tert-OH is 1. The largest absolute Gasteiger partial charge is 0.396 e. The van der Waals surface area contributed by atoms with E-state index >= 15 is 0 Å². The van der Waals surface area contributed by atoms with E-state index in [1.165, 1.54) is 19.3 Å². The van der Waals surface area contributed by atoms with Crippen molar-refractivity contribution in [3.8, 4) is 0 Å². The Morgan fingerprint density at radius 1 is 1.30 bits per heavy atom. The van der Waals surface area contributed by atoms with Gasteiger partial charge in [-0.15, -0.1) is 0 Å². The lowest BCUT2D eigenvalue weighted by molar-refractivity contribution is 0.197. The molecular formula is C9H20O. The van der Waals surface area contributed by atoms with Crippen molar-refractivity contribution < 1.29 is 5.11 Å². The summed E-state index contributed by atoms with van der Waals surface area (Å²) in [4.78, 5) is 0. The molecule has 0 rings (SSSR count). The fourth-order valence-corrected chi connectivity index (χ4v) is 1.36. The van der Waals surface area contributed by atoms with E-state index in [1.807, 2.05) is 0 Å². The van der Waals surface area contributed by atoms with Gasteiger partial charge in [-0.25, -0.2) is 0 Å². The Bertz CT molecular complexity index is 69.1. The fraction of sp³-hybridized carbons (Fsp3) is 1.00. The van der Waals surface area contributed by atoms with Gasteiger partial charge >= 0.3 is 0 Å². The van der Waals surface area contributed by atoms with Gasteiger partial charge in [-0.05, 0) is 24.7 Å². The highest BCUT2D eigenvalue weighted by Crippen LogP contribution is 2.15. The van der Waals surface area contributed by atoms with Gasteiger partial charge in [-0.3, -0.25) is 0 Å². The third kappa shape index (κ3) is 4.80. The summed E-state index contributed by atoms with van der Waals surface area (Å²) in [5.41, 5.74) is 0. The molecule has 1 N–H and O–H groups in total.